The van der Waals surface area contributed by atoms with Gasteiger partial charge in [-0.2, -0.15) is 0 Å². The van der Waals surface area contributed by atoms with Crippen molar-refractivity contribution in [2.45, 2.75) is 13.1 Å². The number of hydrogen-bond donors (Lipinski definition) is 0. The van der Waals surface area contributed by atoms with E-state index < -0.39 is 0 Å². The first-order valence-electron chi connectivity index (χ1n) is 6.56. The van der Waals surface area contributed by atoms with Crippen LogP contribution in [0.25, 0.3) is 0 Å². The summed E-state index contributed by atoms with van der Waals surface area (Å²) in [5.74, 6) is 0. The summed E-state index contributed by atoms with van der Waals surface area (Å²) in [7, 11) is 0. The molecule has 0 spiro atoms. The Morgan fingerprint density at radius 3 is 2.32 bits per heavy atom. The van der Waals surface area contributed by atoms with Crippen LogP contribution in [0.4, 0.5) is 0 Å². The molecule has 0 atom stereocenters. The Morgan fingerprint density at radius 2 is 1.68 bits per heavy atom. The lowest BCUT2D eigenvalue weighted by Gasteiger charge is -2.03. The van der Waals surface area contributed by atoms with Gasteiger partial charge >= 0.3 is 0 Å². The summed E-state index contributed by atoms with van der Waals surface area (Å²) in [4.78, 5) is 13.7. The Balaban J connectivity index is 1.77. The third-order valence-electron chi connectivity index (χ3n) is 2.99. The van der Waals surface area contributed by atoms with Crippen molar-refractivity contribution in [3.63, 3.8) is 0 Å². The molecule has 0 bridgehead atoms. The second-order valence-electron chi connectivity index (χ2n) is 4.61. The first-order valence-corrected chi connectivity index (χ1v) is 8.19. The molecule has 0 aliphatic rings. The molecule has 3 rings (SSSR count). The fraction of sp³-hybridized carbons (Fsp3) is 0.133. The molecule has 3 heterocycles. The fourth-order valence-corrected chi connectivity index (χ4v) is 2.85. The predicted octanol–water partition coefficient (Wildman–Crippen LogP) is 3.80. The summed E-state index contributed by atoms with van der Waals surface area (Å²) in [5, 5.41) is 3.01. The highest BCUT2D eigenvalue weighted by Crippen LogP contribution is 2.08. The number of hydrogen-bond acceptors (Lipinski definition) is 4. The number of pyridine rings is 2. The molecule has 112 valence electrons. The number of rotatable bonds is 4. The van der Waals surface area contributed by atoms with E-state index in [1.807, 2.05) is 23.7 Å². The third-order valence-corrected chi connectivity index (χ3v) is 4.27. The van der Waals surface area contributed by atoms with E-state index in [1.54, 1.807) is 35.9 Å². The first-order chi connectivity index (χ1) is 10.7. The molecule has 0 aliphatic carbocycles. The SMILES string of the molecule is Clc1ccc(C/N=c2\sccn2Cc2ccc(Cl)nc2)cn1. The van der Waals surface area contributed by atoms with Gasteiger partial charge < -0.3 is 4.57 Å². The van der Waals surface area contributed by atoms with Gasteiger partial charge in [0.2, 0.25) is 0 Å². The molecule has 4 nitrogen and oxygen atoms in total. The van der Waals surface area contributed by atoms with Crippen LogP contribution in [-0.2, 0) is 13.1 Å². The van der Waals surface area contributed by atoms with Gasteiger partial charge in [0.1, 0.15) is 10.3 Å². The summed E-state index contributed by atoms with van der Waals surface area (Å²) >= 11 is 13.2. The lowest BCUT2D eigenvalue weighted by Crippen LogP contribution is -2.15. The summed E-state index contributed by atoms with van der Waals surface area (Å²) in [6.45, 7) is 1.29. The van der Waals surface area contributed by atoms with Crippen LogP contribution in [0.3, 0.4) is 0 Å². The topological polar surface area (TPSA) is 43.1 Å². The quantitative estimate of drug-likeness (QED) is 0.671. The van der Waals surface area contributed by atoms with Gasteiger partial charge in [0.15, 0.2) is 4.80 Å². The molecule has 0 unspecified atom stereocenters. The van der Waals surface area contributed by atoms with Crippen LogP contribution in [-0.4, -0.2) is 14.5 Å². The van der Waals surface area contributed by atoms with Crippen molar-refractivity contribution in [1.82, 2.24) is 14.5 Å². The highest BCUT2D eigenvalue weighted by Gasteiger charge is 1.99. The second kappa shape index (κ2) is 7.05. The van der Waals surface area contributed by atoms with Crippen molar-refractivity contribution >= 4 is 34.5 Å². The van der Waals surface area contributed by atoms with Gasteiger partial charge in [-0.25, -0.2) is 9.97 Å². The van der Waals surface area contributed by atoms with Gasteiger partial charge in [0.05, 0.1) is 13.1 Å². The van der Waals surface area contributed by atoms with E-state index in [9.17, 15) is 0 Å². The van der Waals surface area contributed by atoms with Gasteiger partial charge in [-0.1, -0.05) is 35.3 Å². The first kappa shape index (κ1) is 15.2. The fourth-order valence-electron chi connectivity index (χ4n) is 1.90. The standard InChI is InChI=1S/C15H12Cl2N4S/c16-13-3-1-11(7-18-13)8-20-15-21(5-6-22-15)10-12-2-4-14(17)19-9-12/h1-7,9H,8,10H2/b20-15-. The van der Waals surface area contributed by atoms with E-state index in [2.05, 4.69) is 19.5 Å². The maximum atomic E-state index is 5.80. The minimum atomic E-state index is 0.491. The molecule has 0 radical (unpaired) electrons. The Labute approximate surface area is 141 Å². The van der Waals surface area contributed by atoms with Gasteiger partial charge in [-0.15, -0.1) is 11.3 Å². The van der Waals surface area contributed by atoms with Crippen LogP contribution < -0.4 is 4.80 Å². The van der Waals surface area contributed by atoms with Crippen molar-refractivity contribution < 1.29 is 0 Å². The van der Waals surface area contributed by atoms with E-state index in [-0.39, 0.29) is 0 Å². The van der Waals surface area contributed by atoms with Gasteiger partial charge in [-0.05, 0) is 23.3 Å². The van der Waals surface area contributed by atoms with Gasteiger partial charge in [-0.3, -0.25) is 4.99 Å². The largest absolute Gasteiger partial charge is 0.319 e. The third kappa shape index (κ3) is 3.94. The summed E-state index contributed by atoms with van der Waals surface area (Å²) < 4.78 is 2.08. The average molecular weight is 351 g/mol. The molecule has 0 fully saturated rings. The zero-order valence-electron chi connectivity index (χ0n) is 11.5. The molecule has 0 saturated heterocycles. The van der Waals surface area contributed by atoms with Crippen molar-refractivity contribution in [3.05, 3.63) is 74.5 Å². The summed E-state index contributed by atoms with van der Waals surface area (Å²) in [6.07, 6.45) is 5.53. The Kier molecular flexibility index (Phi) is 4.87. The number of halogens is 2. The average Bonchev–Trinajstić information content (AvgIpc) is 2.96. The minimum Gasteiger partial charge on any atom is -0.319 e. The monoisotopic (exact) mass is 350 g/mol. The Morgan fingerprint density at radius 1 is 1.00 bits per heavy atom. The number of aromatic nitrogens is 3. The maximum Gasteiger partial charge on any atom is 0.185 e. The van der Waals surface area contributed by atoms with E-state index in [0.717, 1.165) is 15.9 Å². The predicted molar refractivity (Wildman–Crippen MR) is 89.2 cm³/mol. The van der Waals surface area contributed by atoms with Crippen molar-refractivity contribution in [1.29, 1.82) is 0 Å². The van der Waals surface area contributed by atoms with Crippen LogP contribution in [0, 0.1) is 0 Å². The van der Waals surface area contributed by atoms with Crippen LogP contribution in [0.2, 0.25) is 10.3 Å². The molecule has 0 amide bonds. The number of thiazole rings is 1. The Bertz CT molecular complexity index is 807. The van der Waals surface area contributed by atoms with Crippen molar-refractivity contribution in [2.75, 3.05) is 0 Å². The van der Waals surface area contributed by atoms with Crippen LogP contribution in [0.1, 0.15) is 11.1 Å². The Hall–Kier alpha value is -1.69. The molecular weight excluding hydrogens is 339 g/mol. The lowest BCUT2D eigenvalue weighted by molar-refractivity contribution is 0.750. The highest BCUT2D eigenvalue weighted by molar-refractivity contribution is 7.07. The highest BCUT2D eigenvalue weighted by atomic mass is 35.5. The summed E-state index contributed by atoms with van der Waals surface area (Å²) in [6, 6.07) is 7.46. The van der Waals surface area contributed by atoms with Crippen LogP contribution in [0.15, 0.2) is 53.2 Å². The molecule has 0 saturated carbocycles. The smallest absolute Gasteiger partial charge is 0.185 e. The van der Waals surface area contributed by atoms with E-state index in [1.165, 1.54) is 0 Å². The maximum absolute atomic E-state index is 5.80. The molecular formula is C15H12Cl2N4S. The minimum absolute atomic E-state index is 0.491. The van der Waals surface area contributed by atoms with Crippen LogP contribution >= 0.6 is 34.5 Å². The zero-order chi connectivity index (χ0) is 15.4. The zero-order valence-corrected chi connectivity index (χ0v) is 13.8. The van der Waals surface area contributed by atoms with Crippen molar-refractivity contribution in [2.24, 2.45) is 4.99 Å². The summed E-state index contributed by atoms with van der Waals surface area (Å²) in [5.41, 5.74) is 2.11. The second-order valence-corrected chi connectivity index (χ2v) is 6.26. The van der Waals surface area contributed by atoms with Gasteiger partial charge in [0.25, 0.3) is 0 Å². The molecule has 0 N–H and O–H groups in total. The van der Waals surface area contributed by atoms with E-state index in [0.29, 0.717) is 23.4 Å². The number of nitrogens with zero attached hydrogens (tertiary/aromatic N) is 4. The normalized spacial score (nSPS) is 11.8. The van der Waals surface area contributed by atoms with E-state index >= 15 is 0 Å². The molecule has 3 aromatic heterocycles. The van der Waals surface area contributed by atoms with Gasteiger partial charge in [0, 0.05) is 24.0 Å². The lowest BCUT2D eigenvalue weighted by atomic mass is 10.3. The van der Waals surface area contributed by atoms with Crippen LogP contribution in [0.5, 0.6) is 0 Å². The molecule has 7 heteroatoms. The molecule has 3 aromatic rings. The van der Waals surface area contributed by atoms with Crippen molar-refractivity contribution in [3.8, 4) is 0 Å². The molecule has 0 aliphatic heterocycles. The molecule has 0 aromatic carbocycles. The van der Waals surface area contributed by atoms with E-state index in [4.69, 9.17) is 23.2 Å². The molecule has 22 heavy (non-hydrogen) atoms.